The molecule has 7 heteroatoms. The normalized spacial score (nSPS) is 25.3. The molecule has 1 aliphatic rings. The summed E-state index contributed by atoms with van der Waals surface area (Å²) < 4.78 is 26.1. The Labute approximate surface area is 96.1 Å². The van der Waals surface area contributed by atoms with Crippen LogP contribution in [0.4, 0.5) is 0 Å². The van der Waals surface area contributed by atoms with Crippen LogP contribution >= 0.6 is 12.2 Å². The van der Waals surface area contributed by atoms with Crippen molar-refractivity contribution in [2.75, 3.05) is 20.1 Å². The first kappa shape index (κ1) is 12.8. The summed E-state index contributed by atoms with van der Waals surface area (Å²) in [7, 11) is -1.45. The van der Waals surface area contributed by atoms with Crippen LogP contribution in [0.1, 0.15) is 13.3 Å². The Morgan fingerprint density at radius 2 is 2.27 bits per heavy atom. The SMILES string of the molecule is CC(C(N)=S)S(=O)(=O)NC1CCN(C)C1. The molecule has 0 bridgehead atoms. The Kier molecular flexibility index (Phi) is 4.05. The molecule has 5 nitrogen and oxygen atoms in total. The number of sulfonamides is 1. The molecule has 1 fully saturated rings. The van der Waals surface area contributed by atoms with Gasteiger partial charge in [0.25, 0.3) is 0 Å². The van der Waals surface area contributed by atoms with Crippen molar-refractivity contribution in [2.24, 2.45) is 5.73 Å². The van der Waals surface area contributed by atoms with Crippen molar-refractivity contribution >= 4 is 27.2 Å². The second-order valence-corrected chi connectivity index (χ2v) is 6.46. The number of likely N-dealkylation sites (tertiary alicyclic amines) is 1. The van der Waals surface area contributed by atoms with E-state index in [0.717, 1.165) is 19.5 Å². The molecule has 0 aromatic carbocycles. The molecule has 15 heavy (non-hydrogen) atoms. The molecular weight excluding hydrogens is 234 g/mol. The largest absolute Gasteiger partial charge is 0.392 e. The highest BCUT2D eigenvalue weighted by atomic mass is 32.2. The maximum absolute atomic E-state index is 11.7. The Morgan fingerprint density at radius 1 is 1.67 bits per heavy atom. The molecule has 0 radical (unpaired) electrons. The maximum Gasteiger partial charge on any atom is 0.221 e. The zero-order valence-corrected chi connectivity index (χ0v) is 10.6. The summed E-state index contributed by atoms with van der Waals surface area (Å²) in [6.07, 6.45) is 0.833. The highest BCUT2D eigenvalue weighted by Gasteiger charge is 2.29. The molecule has 1 rings (SSSR count). The Hall–Kier alpha value is -0.240. The van der Waals surface area contributed by atoms with Crippen molar-refractivity contribution in [2.45, 2.75) is 24.6 Å². The number of nitrogens with zero attached hydrogens (tertiary/aromatic N) is 1. The van der Waals surface area contributed by atoms with E-state index in [1.807, 2.05) is 7.05 Å². The first-order chi connectivity index (χ1) is 6.83. The number of hydrogen-bond donors (Lipinski definition) is 2. The zero-order chi connectivity index (χ0) is 11.6. The molecule has 0 aromatic rings. The molecule has 88 valence electrons. The molecule has 1 aliphatic heterocycles. The van der Waals surface area contributed by atoms with Gasteiger partial charge in [0, 0.05) is 12.6 Å². The minimum Gasteiger partial charge on any atom is -0.392 e. The average Bonchev–Trinajstić information content (AvgIpc) is 2.48. The van der Waals surface area contributed by atoms with E-state index in [-0.39, 0.29) is 11.0 Å². The fraction of sp³-hybridized carbons (Fsp3) is 0.875. The Morgan fingerprint density at radius 3 is 2.67 bits per heavy atom. The second kappa shape index (κ2) is 4.73. The Bertz CT molecular complexity index is 342. The van der Waals surface area contributed by atoms with E-state index in [1.54, 1.807) is 0 Å². The number of thiocarbonyl (C=S) groups is 1. The third-order valence-electron chi connectivity index (χ3n) is 2.59. The summed E-state index contributed by atoms with van der Waals surface area (Å²) in [5.41, 5.74) is 5.33. The van der Waals surface area contributed by atoms with Gasteiger partial charge in [0.05, 0.1) is 4.99 Å². The summed E-state index contributed by atoms with van der Waals surface area (Å²) in [6, 6.07) is -0.0169. The number of nitrogens with one attached hydrogen (secondary N) is 1. The fourth-order valence-electron chi connectivity index (χ4n) is 1.52. The molecule has 1 saturated heterocycles. The molecule has 3 N–H and O–H groups in total. The van der Waals surface area contributed by atoms with E-state index in [4.69, 9.17) is 5.73 Å². The first-order valence-electron chi connectivity index (χ1n) is 4.82. The van der Waals surface area contributed by atoms with E-state index in [0.29, 0.717) is 0 Å². The molecule has 0 amide bonds. The van der Waals surface area contributed by atoms with Gasteiger partial charge in [-0.05, 0) is 26.9 Å². The number of rotatable bonds is 4. The third-order valence-corrected chi connectivity index (χ3v) is 4.94. The van der Waals surface area contributed by atoms with Crippen molar-refractivity contribution in [3.8, 4) is 0 Å². The van der Waals surface area contributed by atoms with Crippen LogP contribution in [-0.4, -0.2) is 49.7 Å². The monoisotopic (exact) mass is 251 g/mol. The van der Waals surface area contributed by atoms with Gasteiger partial charge >= 0.3 is 0 Å². The van der Waals surface area contributed by atoms with Crippen LogP contribution in [0.2, 0.25) is 0 Å². The van der Waals surface area contributed by atoms with Crippen LogP contribution in [0.15, 0.2) is 0 Å². The van der Waals surface area contributed by atoms with Crippen LogP contribution in [0, 0.1) is 0 Å². The van der Waals surface area contributed by atoms with Crippen LogP contribution in [0.3, 0.4) is 0 Å². The lowest BCUT2D eigenvalue weighted by Gasteiger charge is -2.17. The standard InChI is InChI=1S/C8H17N3O2S2/c1-6(8(9)14)15(12,13)10-7-3-4-11(2)5-7/h6-7,10H,3-5H2,1-2H3,(H2,9,14). The topological polar surface area (TPSA) is 75.4 Å². The van der Waals surface area contributed by atoms with E-state index in [2.05, 4.69) is 21.8 Å². The smallest absolute Gasteiger partial charge is 0.221 e. The van der Waals surface area contributed by atoms with E-state index < -0.39 is 15.3 Å². The zero-order valence-electron chi connectivity index (χ0n) is 8.93. The van der Waals surface area contributed by atoms with Gasteiger partial charge in [0.1, 0.15) is 5.25 Å². The summed E-state index contributed by atoms with van der Waals surface area (Å²) >= 11 is 4.68. The van der Waals surface area contributed by atoms with Gasteiger partial charge in [-0.25, -0.2) is 13.1 Å². The molecule has 1 heterocycles. The summed E-state index contributed by atoms with van der Waals surface area (Å²) in [4.78, 5) is 2.09. The minimum absolute atomic E-state index is 0.00820. The molecular formula is C8H17N3O2S2. The van der Waals surface area contributed by atoms with Gasteiger partial charge in [0.2, 0.25) is 10.0 Å². The van der Waals surface area contributed by atoms with Crippen LogP contribution < -0.4 is 10.5 Å². The van der Waals surface area contributed by atoms with Crippen molar-refractivity contribution < 1.29 is 8.42 Å². The van der Waals surface area contributed by atoms with Gasteiger partial charge in [-0.15, -0.1) is 0 Å². The quantitative estimate of drug-likeness (QED) is 0.645. The molecule has 0 saturated carbocycles. The van der Waals surface area contributed by atoms with Crippen molar-refractivity contribution in [1.29, 1.82) is 0 Å². The molecule has 2 atom stereocenters. The lowest BCUT2D eigenvalue weighted by molar-refractivity contribution is 0.407. The fourth-order valence-corrected chi connectivity index (χ4v) is 3.07. The van der Waals surface area contributed by atoms with Crippen molar-refractivity contribution in [3.63, 3.8) is 0 Å². The van der Waals surface area contributed by atoms with Gasteiger partial charge in [-0.3, -0.25) is 0 Å². The summed E-state index contributed by atoms with van der Waals surface area (Å²) in [5.74, 6) is 0. The molecule has 2 unspecified atom stereocenters. The van der Waals surface area contributed by atoms with Crippen molar-refractivity contribution in [3.05, 3.63) is 0 Å². The van der Waals surface area contributed by atoms with Gasteiger partial charge in [0.15, 0.2) is 0 Å². The summed E-state index contributed by atoms with van der Waals surface area (Å²) in [5, 5.41) is -0.807. The second-order valence-electron chi connectivity index (χ2n) is 3.96. The van der Waals surface area contributed by atoms with E-state index in [1.165, 1.54) is 6.92 Å². The number of hydrogen-bond acceptors (Lipinski definition) is 4. The lowest BCUT2D eigenvalue weighted by atomic mass is 10.3. The predicted molar refractivity (Wildman–Crippen MR) is 64.2 cm³/mol. The molecule has 0 spiro atoms. The highest BCUT2D eigenvalue weighted by Crippen LogP contribution is 2.09. The lowest BCUT2D eigenvalue weighted by Crippen LogP contribution is -2.45. The van der Waals surface area contributed by atoms with Gasteiger partial charge in [-0.2, -0.15) is 0 Å². The van der Waals surface area contributed by atoms with Crippen LogP contribution in [-0.2, 0) is 10.0 Å². The first-order valence-corrected chi connectivity index (χ1v) is 6.77. The predicted octanol–water partition coefficient (Wildman–Crippen LogP) is -0.715. The highest BCUT2D eigenvalue weighted by molar-refractivity contribution is 7.93. The molecule has 0 aliphatic carbocycles. The number of likely N-dealkylation sites (N-methyl/N-ethyl adjacent to an activating group) is 1. The van der Waals surface area contributed by atoms with Gasteiger partial charge in [-0.1, -0.05) is 12.2 Å². The van der Waals surface area contributed by atoms with E-state index in [9.17, 15) is 8.42 Å². The summed E-state index contributed by atoms with van der Waals surface area (Å²) in [6.45, 7) is 3.15. The van der Waals surface area contributed by atoms with Crippen LogP contribution in [0.25, 0.3) is 0 Å². The molecule has 0 aromatic heterocycles. The number of nitrogens with two attached hydrogens (primary N) is 1. The van der Waals surface area contributed by atoms with Crippen LogP contribution in [0.5, 0.6) is 0 Å². The maximum atomic E-state index is 11.7. The van der Waals surface area contributed by atoms with Gasteiger partial charge < -0.3 is 10.6 Å². The van der Waals surface area contributed by atoms with E-state index >= 15 is 0 Å². The Balaban J connectivity index is 2.61. The average molecular weight is 251 g/mol. The van der Waals surface area contributed by atoms with Crippen molar-refractivity contribution in [1.82, 2.24) is 9.62 Å². The third kappa shape index (κ3) is 3.37. The minimum atomic E-state index is -3.41.